The lowest BCUT2D eigenvalue weighted by atomic mass is 9.83. The van der Waals surface area contributed by atoms with Gasteiger partial charge in [0.1, 0.15) is 36.1 Å². The maximum Gasteiger partial charge on any atom is 0.216 e. The zero-order chi connectivity index (χ0) is 31.6. The van der Waals surface area contributed by atoms with E-state index < -0.39 is 32.7 Å². The van der Waals surface area contributed by atoms with Crippen LogP contribution in [0.5, 0.6) is 5.75 Å². The Balaban J connectivity index is 1.47. The molecule has 0 spiro atoms. The molecule has 0 fully saturated rings. The molecule has 2 atom stereocenters. The molecule has 1 aromatic heterocycles. The standard InChI is InChI=1S/C32H33BrF2N4O4S/c1-5-39(44(40,41)20(2)3)21(4)32(12-7-13-43-32)26-16-25-29(17-28(26)35)36-19-37-31(25)38-24-10-11-30(27(33)15-24)42-18-22-8-6-9-23(34)14-22/h6-11,13-17,19-21H,5,12,18H2,1-4H3,(H,36,37,38). The molecule has 0 amide bonds. The number of nitrogens with zero attached hydrogens (tertiary/aromatic N) is 3. The summed E-state index contributed by atoms with van der Waals surface area (Å²) in [7, 11) is -3.67. The number of sulfonamides is 1. The van der Waals surface area contributed by atoms with E-state index in [1.165, 1.54) is 35.1 Å². The SMILES string of the molecule is CCN(C(C)C1(c2cc3c(Nc4ccc(OCc5cccc(F)c5)c(Br)c4)ncnc3cc2F)CC=CO1)S(=O)(=O)C(C)C. The van der Waals surface area contributed by atoms with Crippen LogP contribution in [0.1, 0.15) is 45.2 Å². The molecule has 0 radical (unpaired) electrons. The van der Waals surface area contributed by atoms with Crippen molar-refractivity contribution in [1.29, 1.82) is 0 Å². The van der Waals surface area contributed by atoms with Crippen molar-refractivity contribution in [3.63, 3.8) is 0 Å². The number of rotatable bonds is 11. The molecule has 8 nitrogen and oxygen atoms in total. The number of anilines is 2. The number of aromatic nitrogens is 2. The van der Waals surface area contributed by atoms with Crippen LogP contribution in [-0.2, 0) is 27.0 Å². The fraction of sp³-hybridized carbons (Fsp3) is 0.312. The van der Waals surface area contributed by atoms with E-state index in [9.17, 15) is 12.8 Å². The van der Waals surface area contributed by atoms with Gasteiger partial charge in [-0.1, -0.05) is 19.1 Å². The lowest BCUT2D eigenvalue weighted by molar-refractivity contribution is -0.0182. The van der Waals surface area contributed by atoms with Gasteiger partial charge in [0.25, 0.3) is 0 Å². The predicted molar refractivity (Wildman–Crippen MR) is 170 cm³/mol. The van der Waals surface area contributed by atoms with Gasteiger partial charge in [-0.15, -0.1) is 0 Å². The second-order valence-corrected chi connectivity index (χ2v) is 14.1. The second kappa shape index (κ2) is 12.8. The topological polar surface area (TPSA) is 93.7 Å². The fourth-order valence-electron chi connectivity index (χ4n) is 5.41. The van der Waals surface area contributed by atoms with Crippen LogP contribution in [0.2, 0.25) is 0 Å². The van der Waals surface area contributed by atoms with Crippen LogP contribution in [-0.4, -0.2) is 40.5 Å². The first-order valence-corrected chi connectivity index (χ1v) is 16.5. The highest BCUT2D eigenvalue weighted by molar-refractivity contribution is 9.10. The molecule has 232 valence electrons. The van der Waals surface area contributed by atoms with Crippen molar-refractivity contribution in [3.8, 4) is 5.75 Å². The number of nitrogens with one attached hydrogen (secondary N) is 1. The van der Waals surface area contributed by atoms with Gasteiger partial charge >= 0.3 is 0 Å². The molecule has 0 saturated carbocycles. The minimum Gasteiger partial charge on any atom is -0.488 e. The molecule has 3 aromatic carbocycles. The normalized spacial score (nSPS) is 17.3. The van der Waals surface area contributed by atoms with Crippen molar-refractivity contribution < 1.29 is 26.7 Å². The summed E-state index contributed by atoms with van der Waals surface area (Å²) in [6, 6.07) is 13.8. The number of benzene rings is 3. The summed E-state index contributed by atoms with van der Waals surface area (Å²) in [5, 5.41) is 3.15. The van der Waals surface area contributed by atoms with E-state index in [0.717, 1.165) is 0 Å². The summed E-state index contributed by atoms with van der Waals surface area (Å²) in [6.45, 7) is 7.15. The van der Waals surface area contributed by atoms with Gasteiger partial charge in [0, 0.05) is 35.7 Å². The van der Waals surface area contributed by atoms with Crippen molar-refractivity contribution in [2.75, 3.05) is 11.9 Å². The molecule has 5 rings (SSSR count). The molecule has 2 unspecified atom stereocenters. The van der Waals surface area contributed by atoms with Gasteiger partial charge in [-0.2, -0.15) is 4.31 Å². The quantitative estimate of drug-likeness (QED) is 0.174. The number of hydrogen-bond donors (Lipinski definition) is 1. The minimum absolute atomic E-state index is 0.194. The van der Waals surface area contributed by atoms with Crippen LogP contribution in [0.25, 0.3) is 10.9 Å². The van der Waals surface area contributed by atoms with E-state index in [0.29, 0.717) is 38.2 Å². The zero-order valence-corrected chi connectivity index (χ0v) is 27.1. The molecular weight excluding hydrogens is 654 g/mol. The van der Waals surface area contributed by atoms with Crippen LogP contribution in [0.3, 0.4) is 0 Å². The molecular formula is C32H33BrF2N4O4S. The predicted octanol–water partition coefficient (Wildman–Crippen LogP) is 7.57. The fourth-order valence-corrected chi connectivity index (χ4v) is 7.41. The third-order valence-electron chi connectivity index (χ3n) is 7.79. The first kappa shape index (κ1) is 31.8. The lowest BCUT2D eigenvalue weighted by Gasteiger charge is -2.41. The number of likely N-dealkylation sites (N-methyl/N-ethyl adjacent to an activating group) is 1. The van der Waals surface area contributed by atoms with Crippen LogP contribution in [0.4, 0.5) is 20.3 Å². The zero-order valence-electron chi connectivity index (χ0n) is 24.7. The van der Waals surface area contributed by atoms with Gasteiger partial charge in [-0.3, -0.25) is 0 Å². The Hall–Kier alpha value is -3.61. The van der Waals surface area contributed by atoms with Gasteiger partial charge in [0.05, 0.1) is 27.5 Å². The Labute approximate surface area is 264 Å². The smallest absolute Gasteiger partial charge is 0.216 e. The average molecular weight is 688 g/mol. The van der Waals surface area contributed by atoms with Crippen molar-refractivity contribution in [2.45, 2.75) is 57.6 Å². The Morgan fingerprint density at radius 1 is 1.11 bits per heavy atom. The summed E-state index contributed by atoms with van der Waals surface area (Å²) in [5.41, 5.74) is 0.649. The summed E-state index contributed by atoms with van der Waals surface area (Å²) in [6.07, 6.45) is 4.88. The second-order valence-electron chi connectivity index (χ2n) is 10.8. The van der Waals surface area contributed by atoms with E-state index in [1.54, 1.807) is 64.1 Å². The molecule has 1 aliphatic rings. The molecule has 0 saturated heterocycles. The van der Waals surface area contributed by atoms with Crippen molar-refractivity contribution in [3.05, 3.63) is 100 Å². The summed E-state index contributed by atoms with van der Waals surface area (Å²) in [5.74, 6) is 0.102. The summed E-state index contributed by atoms with van der Waals surface area (Å²) in [4.78, 5) is 8.70. The average Bonchev–Trinajstić information content (AvgIpc) is 3.48. The number of hydrogen-bond acceptors (Lipinski definition) is 7. The maximum absolute atomic E-state index is 15.9. The maximum atomic E-state index is 15.9. The third-order valence-corrected chi connectivity index (χ3v) is 10.8. The molecule has 0 aliphatic carbocycles. The highest BCUT2D eigenvalue weighted by Gasteiger charge is 2.48. The highest BCUT2D eigenvalue weighted by Crippen LogP contribution is 2.44. The van der Waals surface area contributed by atoms with Gasteiger partial charge < -0.3 is 14.8 Å². The van der Waals surface area contributed by atoms with Crippen LogP contribution < -0.4 is 10.1 Å². The Kier molecular flexibility index (Phi) is 9.24. The van der Waals surface area contributed by atoms with Gasteiger partial charge in [-0.25, -0.2) is 27.2 Å². The molecule has 12 heteroatoms. The molecule has 0 bridgehead atoms. The molecule has 2 heterocycles. The van der Waals surface area contributed by atoms with Crippen LogP contribution in [0, 0.1) is 11.6 Å². The number of fused-ring (bicyclic) bond motifs is 1. The third kappa shape index (κ3) is 6.15. The van der Waals surface area contributed by atoms with E-state index in [1.807, 2.05) is 6.07 Å². The monoisotopic (exact) mass is 686 g/mol. The van der Waals surface area contributed by atoms with E-state index >= 15 is 4.39 Å². The van der Waals surface area contributed by atoms with Crippen LogP contribution >= 0.6 is 15.9 Å². The van der Waals surface area contributed by atoms with Gasteiger partial charge in [-0.05, 0) is 84.7 Å². The van der Waals surface area contributed by atoms with E-state index in [4.69, 9.17) is 9.47 Å². The van der Waals surface area contributed by atoms with Crippen molar-refractivity contribution in [1.82, 2.24) is 14.3 Å². The largest absolute Gasteiger partial charge is 0.488 e. The number of halogens is 3. The minimum atomic E-state index is -3.67. The first-order chi connectivity index (χ1) is 21.0. The van der Waals surface area contributed by atoms with Gasteiger partial charge in [0.15, 0.2) is 5.60 Å². The van der Waals surface area contributed by atoms with Crippen molar-refractivity contribution >= 4 is 48.4 Å². The van der Waals surface area contributed by atoms with E-state index in [2.05, 4.69) is 31.2 Å². The Morgan fingerprint density at radius 2 is 1.91 bits per heavy atom. The van der Waals surface area contributed by atoms with E-state index in [-0.39, 0.29) is 31.0 Å². The Bertz CT molecular complexity index is 1810. The van der Waals surface area contributed by atoms with Crippen LogP contribution in [0.15, 0.2) is 77.7 Å². The lowest BCUT2D eigenvalue weighted by Crippen LogP contribution is -2.53. The number of ether oxygens (including phenoxy) is 2. The highest BCUT2D eigenvalue weighted by atomic mass is 79.9. The van der Waals surface area contributed by atoms with Crippen molar-refractivity contribution in [2.24, 2.45) is 0 Å². The molecule has 1 N–H and O–H groups in total. The molecule has 1 aliphatic heterocycles. The Morgan fingerprint density at radius 3 is 2.57 bits per heavy atom. The molecule has 44 heavy (non-hydrogen) atoms. The first-order valence-electron chi connectivity index (χ1n) is 14.2. The summed E-state index contributed by atoms with van der Waals surface area (Å²) < 4.78 is 69.9. The van der Waals surface area contributed by atoms with Gasteiger partial charge in [0.2, 0.25) is 10.0 Å². The molecule has 4 aromatic rings. The summed E-state index contributed by atoms with van der Waals surface area (Å²) >= 11 is 3.53.